The number of carbonyl (C=O) groups is 1. The molecule has 1 N–H and O–H groups in total. The minimum atomic E-state index is -0.301. The number of aryl methyl sites for hydroxylation is 1. The van der Waals surface area contributed by atoms with Crippen molar-refractivity contribution in [2.75, 3.05) is 6.61 Å². The summed E-state index contributed by atoms with van der Waals surface area (Å²) >= 11 is 0. The molecule has 0 aliphatic carbocycles. The number of carbonyl (C=O) groups excluding carboxylic acids is 1. The van der Waals surface area contributed by atoms with E-state index in [1.807, 2.05) is 48.5 Å². The molecular weight excluding hydrogens is 360 g/mol. The lowest BCUT2D eigenvalue weighted by Crippen LogP contribution is -2.24. The molecule has 0 saturated heterocycles. The maximum atomic E-state index is 12.1. The number of fused-ring (bicyclic) bond motifs is 2. The van der Waals surface area contributed by atoms with Crippen molar-refractivity contribution < 1.29 is 9.53 Å². The maximum absolute atomic E-state index is 12.1. The normalized spacial score (nSPS) is 11.2. The lowest BCUT2D eigenvalue weighted by Gasteiger charge is -2.08. The summed E-state index contributed by atoms with van der Waals surface area (Å²) in [7, 11) is 0. The van der Waals surface area contributed by atoms with Crippen LogP contribution in [0.3, 0.4) is 0 Å². The molecule has 0 spiro atoms. The van der Waals surface area contributed by atoms with Gasteiger partial charge >= 0.3 is 0 Å². The van der Waals surface area contributed by atoms with E-state index in [-0.39, 0.29) is 12.5 Å². The first-order chi connectivity index (χ1) is 14.2. The van der Waals surface area contributed by atoms with Crippen molar-refractivity contribution in [2.45, 2.75) is 13.3 Å². The van der Waals surface area contributed by atoms with Crippen molar-refractivity contribution in [2.24, 2.45) is 5.10 Å². The minimum absolute atomic E-state index is 0.0842. The Balaban J connectivity index is 1.48. The summed E-state index contributed by atoms with van der Waals surface area (Å²) in [5, 5.41) is 8.64. The van der Waals surface area contributed by atoms with E-state index in [0.29, 0.717) is 5.75 Å². The number of hydrazone groups is 1. The van der Waals surface area contributed by atoms with E-state index in [2.05, 4.69) is 47.8 Å². The van der Waals surface area contributed by atoms with Gasteiger partial charge < -0.3 is 4.74 Å². The standard InChI is InChI=1S/C25H22N2O2/c1-2-18-11-13-21(14-12-18)29-17-25(28)27-26-16-24-22-9-5-3-7-19(22)15-20-8-4-6-10-23(20)24/h3-16H,2,17H2,1H3,(H,27,28). The van der Waals surface area contributed by atoms with Crippen LogP contribution in [0.4, 0.5) is 0 Å². The molecule has 0 aromatic heterocycles. The predicted molar refractivity (Wildman–Crippen MR) is 119 cm³/mol. The number of benzene rings is 4. The number of nitrogens with zero attached hydrogens (tertiary/aromatic N) is 1. The molecule has 29 heavy (non-hydrogen) atoms. The van der Waals surface area contributed by atoms with Gasteiger partial charge in [0.05, 0.1) is 6.21 Å². The molecule has 4 aromatic rings. The third kappa shape index (κ3) is 4.27. The molecule has 0 aliphatic heterocycles. The van der Waals surface area contributed by atoms with Crippen LogP contribution in [-0.2, 0) is 11.2 Å². The highest BCUT2D eigenvalue weighted by atomic mass is 16.5. The van der Waals surface area contributed by atoms with Gasteiger partial charge in [-0.05, 0) is 51.7 Å². The fourth-order valence-corrected chi connectivity index (χ4v) is 3.36. The topological polar surface area (TPSA) is 50.7 Å². The Labute approximate surface area is 169 Å². The summed E-state index contributed by atoms with van der Waals surface area (Å²) < 4.78 is 5.52. The van der Waals surface area contributed by atoms with Gasteiger partial charge in [-0.1, -0.05) is 67.6 Å². The Morgan fingerprint density at radius 1 is 0.931 bits per heavy atom. The van der Waals surface area contributed by atoms with Crippen LogP contribution in [-0.4, -0.2) is 18.7 Å². The van der Waals surface area contributed by atoms with Gasteiger partial charge in [-0.2, -0.15) is 5.10 Å². The molecule has 0 fully saturated rings. The monoisotopic (exact) mass is 382 g/mol. The number of amides is 1. The molecule has 0 saturated carbocycles. The molecular formula is C25H22N2O2. The highest BCUT2D eigenvalue weighted by molar-refractivity contribution is 6.13. The highest BCUT2D eigenvalue weighted by Gasteiger charge is 2.06. The summed E-state index contributed by atoms with van der Waals surface area (Å²) in [5.41, 5.74) is 4.77. The van der Waals surface area contributed by atoms with Gasteiger partial charge in [0.25, 0.3) is 5.91 Å². The van der Waals surface area contributed by atoms with Crippen LogP contribution in [0.5, 0.6) is 5.75 Å². The second kappa shape index (κ2) is 8.57. The van der Waals surface area contributed by atoms with Gasteiger partial charge in [0.2, 0.25) is 0 Å². The summed E-state index contributed by atoms with van der Waals surface area (Å²) in [6, 6.07) is 26.2. The Bertz CT molecular complexity index is 1130. The van der Waals surface area contributed by atoms with Gasteiger partial charge in [0.15, 0.2) is 6.61 Å². The fourth-order valence-electron chi connectivity index (χ4n) is 3.36. The second-order valence-electron chi connectivity index (χ2n) is 6.81. The van der Waals surface area contributed by atoms with E-state index in [1.54, 1.807) is 6.21 Å². The molecule has 0 aliphatic rings. The van der Waals surface area contributed by atoms with E-state index >= 15 is 0 Å². The average molecular weight is 382 g/mol. The zero-order valence-electron chi connectivity index (χ0n) is 16.3. The van der Waals surface area contributed by atoms with Crippen molar-refractivity contribution in [3.63, 3.8) is 0 Å². The Morgan fingerprint density at radius 2 is 1.55 bits per heavy atom. The summed E-state index contributed by atoms with van der Waals surface area (Å²) in [6.07, 6.45) is 2.68. The molecule has 4 nitrogen and oxygen atoms in total. The minimum Gasteiger partial charge on any atom is -0.484 e. The van der Waals surface area contributed by atoms with Crippen molar-refractivity contribution in [3.05, 3.63) is 90.0 Å². The molecule has 1 amide bonds. The molecule has 4 rings (SSSR count). The van der Waals surface area contributed by atoms with Crippen LogP contribution in [0, 0.1) is 0 Å². The van der Waals surface area contributed by atoms with E-state index in [1.165, 1.54) is 5.56 Å². The lowest BCUT2D eigenvalue weighted by molar-refractivity contribution is -0.123. The van der Waals surface area contributed by atoms with Gasteiger partial charge in [-0.15, -0.1) is 0 Å². The quantitative estimate of drug-likeness (QED) is 0.287. The van der Waals surface area contributed by atoms with Gasteiger partial charge in [-0.3, -0.25) is 4.79 Å². The number of nitrogens with one attached hydrogen (secondary N) is 1. The molecule has 0 bridgehead atoms. The average Bonchev–Trinajstić information content (AvgIpc) is 2.77. The molecule has 0 radical (unpaired) electrons. The third-order valence-corrected chi connectivity index (χ3v) is 4.90. The number of hydrogen-bond donors (Lipinski definition) is 1. The van der Waals surface area contributed by atoms with E-state index < -0.39 is 0 Å². The Hall–Kier alpha value is -3.66. The van der Waals surface area contributed by atoms with Gasteiger partial charge in [0, 0.05) is 5.56 Å². The molecule has 4 aromatic carbocycles. The van der Waals surface area contributed by atoms with E-state index in [9.17, 15) is 4.79 Å². The van der Waals surface area contributed by atoms with Crippen LogP contribution in [0.25, 0.3) is 21.5 Å². The van der Waals surface area contributed by atoms with Crippen LogP contribution >= 0.6 is 0 Å². The molecule has 4 heteroatoms. The van der Waals surface area contributed by atoms with Crippen LogP contribution < -0.4 is 10.2 Å². The summed E-state index contributed by atoms with van der Waals surface area (Å²) in [6.45, 7) is 2.01. The maximum Gasteiger partial charge on any atom is 0.277 e. The molecule has 144 valence electrons. The molecule has 0 unspecified atom stereocenters. The largest absolute Gasteiger partial charge is 0.484 e. The summed E-state index contributed by atoms with van der Waals surface area (Å²) in [4.78, 5) is 12.1. The van der Waals surface area contributed by atoms with Crippen LogP contribution in [0.1, 0.15) is 18.1 Å². The van der Waals surface area contributed by atoms with Gasteiger partial charge in [-0.25, -0.2) is 5.43 Å². The van der Waals surface area contributed by atoms with Crippen LogP contribution in [0.2, 0.25) is 0 Å². The first-order valence-electron chi connectivity index (χ1n) is 9.69. The van der Waals surface area contributed by atoms with Crippen molar-refractivity contribution >= 4 is 33.7 Å². The Morgan fingerprint density at radius 3 is 2.17 bits per heavy atom. The SMILES string of the molecule is CCc1ccc(OCC(=O)NN=Cc2c3ccccc3cc3ccccc23)cc1. The zero-order chi connectivity index (χ0) is 20.1. The first kappa shape index (κ1) is 18.7. The lowest BCUT2D eigenvalue weighted by atomic mass is 9.97. The zero-order valence-corrected chi connectivity index (χ0v) is 16.3. The number of hydrogen-bond acceptors (Lipinski definition) is 3. The van der Waals surface area contributed by atoms with E-state index in [4.69, 9.17) is 4.74 Å². The third-order valence-electron chi connectivity index (χ3n) is 4.90. The van der Waals surface area contributed by atoms with Crippen molar-refractivity contribution in [3.8, 4) is 5.75 Å². The van der Waals surface area contributed by atoms with Crippen molar-refractivity contribution in [1.82, 2.24) is 5.43 Å². The fraction of sp³-hybridized carbons (Fsp3) is 0.120. The van der Waals surface area contributed by atoms with Crippen LogP contribution in [0.15, 0.2) is 84.0 Å². The second-order valence-corrected chi connectivity index (χ2v) is 6.81. The first-order valence-corrected chi connectivity index (χ1v) is 9.69. The van der Waals surface area contributed by atoms with Crippen molar-refractivity contribution in [1.29, 1.82) is 0 Å². The summed E-state index contributed by atoms with van der Waals surface area (Å²) in [5.74, 6) is 0.367. The van der Waals surface area contributed by atoms with Gasteiger partial charge in [0.1, 0.15) is 5.75 Å². The molecule has 0 atom stereocenters. The molecule has 0 heterocycles. The number of ether oxygens (including phenoxy) is 1. The Kier molecular flexibility index (Phi) is 5.52. The smallest absolute Gasteiger partial charge is 0.277 e. The predicted octanol–water partition coefficient (Wildman–Crippen LogP) is 5.08. The highest BCUT2D eigenvalue weighted by Crippen LogP contribution is 2.27. The number of rotatable bonds is 6. The van der Waals surface area contributed by atoms with E-state index in [0.717, 1.165) is 33.5 Å².